The molecule has 3 aliphatic rings. The van der Waals surface area contributed by atoms with Crippen molar-refractivity contribution in [2.75, 3.05) is 20.3 Å². The number of nitrogens with two attached hydrogens (primary N) is 4. The number of aliphatic imine (C=N–C) groups is 2. The summed E-state index contributed by atoms with van der Waals surface area (Å²) in [5.41, 5.74) is 19.4. The van der Waals surface area contributed by atoms with Crippen LogP contribution in [-0.2, 0) is 28.0 Å². The van der Waals surface area contributed by atoms with Gasteiger partial charge in [0, 0.05) is 0 Å². The summed E-state index contributed by atoms with van der Waals surface area (Å²) in [5, 5.41) is 77.6. The number of nitrogens with zero attached hydrogens (tertiary/aromatic N) is 2. The second-order valence-corrected chi connectivity index (χ2v) is 11.9. The van der Waals surface area contributed by atoms with Crippen LogP contribution in [0, 0.1) is 0 Å². The molecule has 2 saturated heterocycles. The molecule has 3 fully saturated rings. The van der Waals surface area contributed by atoms with Crippen molar-refractivity contribution in [2.24, 2.45) is 32.9 Å². The summed E-state index contributed by atoms with van der Waals surface area (Å²) in [6.45, 7) is -0.617. The van der Waals surface area contributed by atoms with E-state index in [4.69, 9.17) is 41.9 Å². The van der Waals surface area contributed by atoms with Gasteiger partial charge in [0.2, 0.25) is 0 Å². The number of aliphatic hydroxyl groups is 7. The molecule has 0 aromatic carbocycles. The fourth-order valence-electron chi connectivity index (χ4n) is 5.34. The lowest BCUT2D eigenvalue weighted by Crippen LogP contribution is -2.66. The number of phosphoric ester groups is 1. The van der Waals surface area contributed by atoms with E-state index < -0.39 is 124 Å². The Morgan fingerprint density at radius 3 is 2.00 bits per heavy atom. The van der Waals surface area contributed by atoms with Crippen LogP contribution in [0.15, 0.2) is 9.98 Å². The number of phosphoric acid groups is 1. The average Bonchev–Trinajstić information content (AvgIpc) is 3.16. The number of likely N-dealkylation sites (N-methyl/N-ethyl adjacent to an activating group) is 1. The van der Waals surface area contributed by atoms with Crippen molar-refractivity contribution in [1.82, 2.24) is 5.32 Å². The standard InChI is InChI=1S/C21H42N7O15P/c1-5-21(35,4-39-44(36,37)38)16(43-17-9(26-2)13(33)10(30)6(3-29)41-17)18(40-5)42-15-8(28-20(24)25)11(31)7(27-19(22)23)12(32)14(15)34/h5-18,26,29-35H,3-4H2,1-2H3,(H4,22,23,27)(H4,24,25,28)(H2,36,37,38). The molecule has 18 N–H and O–H groups in total. The van der Waals surface area contributed by atoms with Crippen molar-refractivity contribution in [3.63, 3.8) is 0 Å². The van der Waals surface area contributed by atoms with E-state index in [0.717, 1.165) is 0 Å². The van der Waals surface area contributed by atoms with Crippen molar-refractivity contribution in [1.29, 1.82) is 0 Å². The van der Waals surface area contributed by atoms with E-state index in [9.17, 15) is 50.1 Å². The van der Waals surface area contributed by atoms with E-state index in [1.807, 2.05) is 0 Å². The quantitative estimate of drug-likeness (QED) is 0.0554. The molecule has 2 heterocycles. The first-order chi connectivity index (χ1) is 20.4. The second kappa shape index (κ2) is 14.3. The normalized spacial score (nSPS) is 44.7. The number of hydrogen-bond donors (Lipinski definition) is 14. The average molecular weight is 664 g/mol. The second-order valence-electron chi connectivity index (χ2n) is 10.6. The molecule has 0 aromatic heterocycles. The molecular formula is C21H42N7O15P. The third-order valence-corrected chi connectivity index (χ3v) is 8.17. The van der Waals surface area contributed by atoms with Gasteiger partial charge in [-0.25, -0.2) is 14.5 Å². The molecule has 3 rings (SSSR count). The van der Waals surface area contributed by atoms with Gasteiger partial charge in [-0.3, -0.25) is 4.52 Å². The van der Waals surface area contributed by atoms with Crippen LogP contribution in [0.4, 0.5) is 0 Å². The maximum Gasteiger partial charge on any atom is 0.469 e. The Bertz CT molecular complexity index is 1080. The minimum atomic E-state index is -5.18. The van der Waals surface area contributed by atoms with Gasteiger partial charge in [0.15, 0.2) is 24.5 Å². The molecule has 23 heteroatoms. The lowest BCUT2D eigenvalue weighted by molar-refractivity contribution is -0.317. The maximum atomic E-state index is 11.6. The Labute approximate surface area is 250 Å². The van der Waals surface area contributed by atoms with E-state index in [0.29, 0.717) is 0 Å². The third kappa shape index (κ3) is 7.75. The summed E-state index contributed by atoms with van der Waals surface area (Å²) in [6.07, 6.45) is -18.5. The summed E-state index contributed by atoms with van der Waals surface area (Å²) in [6, 6.07) is -4.31. The Kier molecular flexibility index (Phi) is 11.9. The molecule has 256 valence electrons. The third-order valence-electron chi connectivity index (χ3n) is 7.70. The summed E-state index contributed by atoms with van der Waals surface area (Å²) in [4.78, 5) is 26.2. The van der Waals surface area contributed by atoms with E-state index >= 15 is 0 Å². The molecule has 1 saturated carbocycles. The molecule has 15 atom stereocenters. The van der Waals surface area contributed by atoms with Gasteiger partial charge in [0.1, 0.15) is 66.5 Å². The van der Waals surface area contributed by atoms with E-state index in [1.165, 1.54) is 14.0 Å². The molecule has 22 nitrogen and oxygen atoms in total. The van der Waals surface area contributed by atoms with Crippen molar-refractivity contribution in [3.8, 4) is 0 Å². The predicted octanol–water partition coefficient (Wildman–Crippen LogP) is -8.25. The van der Waals surface area contributed by atoms with Gasteiger partial charge in [-0.05, 0) is 14.0 Å². The maximum absolute atomic E-state index is 11.6. The molecule has 0 aromatic rings. The molecule has 0 spiro atoms. The monoisotopic (exact) mass is 663 g/mol. The Balaban J connectivity index is 2.03. The number of nitrogens with one attached hydrogen (secondary N) is 1. The highest BCUT2D eigenvalue weighted by Crippen LogP contribution is 2.43. The van der Waals surface area contributed by atoms with Gasteiger partial charge >= 0.3 is 7.82 Å². The van der Waals surface area contributed by atoms with Crippen molar-refractivity contribution in [3.05, 3.63) is 0 Å². The molecule has 2 aliphatic heterocycles. The molecule has 1 aliphatic carbocycles. The Morgan fingerprint density at radius 1 is 0.886 bits per heavy atom. The lowest BCUT2D eigenvalue weighted by Gasteiger charge is -2.46. The first-order valence-corrected chi connectivity index (χ1v) is 14.8. The minimum absolute atomic E-state index is 0.542. The highest BCUT2D eigenvalue weighted by molar-refractivity contribution is 7.46. The van der Waals surface area contributed by atoms with Crippen LogP contribution in [0.3, 0.4) is 0 Å². The van der Waals surface area contributed by atoms with Crippen LogP contribution >= 0.6 is 7.82 Å². The number of ether oxygens (including phenoxy) is 4. The molecular weight excluding hydrogens is 621 g/mol. The van der Waals surface area contributed by atoms with Gasteiger partial charge in [0.05, 0.1) is 25.4 Å². The smallest absolute Gasteiger partial charge is 0.394 e. The highest BCUT2D eigenvalue weighted by Gasteiger charge is 2.61. The zero-order valence-electron chi connectivity index (χ0n) is 23.6. The van der Waals surface area contributed by atoms with Crippen molar-refractivity contribution < 1.29 is 73.6 Å². The van der Waals surface area contributed by atoms with Gasteiger partial charge < -0.3 is 92.7 Å². The topological polar surface area (TPSA) is 386 Å². The summed E-state index contributed by atoms with van der Waals surface area (Å²) >= 11 is 0. The molecule has 0 radical (unpaired) electrons. The van der Waals surface area contributed by atoms with Crippen molar-refractivity contribution >= 4 is 19.7 Å². The van der Waals surface area contributed by atoms with Gasteiger partial charge in [0.25, 0.3) is 0 Å². The molecule has 0 bridgehead atoms. The van der Waals surface area contributed by atoms with Gasteiger partial charge in [-0.1, -0.05) is 0 Å². The number of rotatable bonds is 11. The molecule has 44 heavy (non-hydrogen) atoms. The summed E-state index contributed by atoms with van der Waals surface area (Å²) < 4.78 is 39.2. The zero-order valence-corrected chi connectivity index (χ0v) is 24.5. The highest BCUT2D eigenvalue weighted by atomic mass is 31.2. The van der Waals surface area contributed by atoms with Crippen LogP contribution in [0.1, 0.15) is 6.92 Å². The van der Waals surface area contributed by atoms with Crippen LogP contribution in [0.5, 0.6) is 0 Å². The number of guanidine groups is 2. The van der Waals surface area contributed by atoms with Crippen LogP contribution in [0.25, 0.3) is 0 Å². The summed E-state index contributed by atoms with van der Waals surface area (Å²) in [7, 11) is -3.81. The Morgan fingerprint density at radius 2 is 1.48 bits per heavy atom. The van der Waals surface area contributed by atoms with Crippen molar-refractivity contribution in [2.45, 2.75) is 98.2 Å². The molecule has 0 amide bonds. The largest absolute Gasteiger partial charge is 0.469 e. The Hall–Kier alpha value is -1.83. The fraction of sp³-hybridized carbons (Fsp3) is 0.905. The van der Waals surface area contributed by atoms with Crippen LogP contribution in [0.2, 0.25) is 0 Å². The van der Waals surface area contributed by atoms with E-state index in [1.54, 1.807) is 0 Å². The first kappa shape index (κ1) is 36.6. The molecule has 15 unspecified atom stereocenters. The van der Waals surface area contributed by atoms with E-state index in [-0.39, 0.29) is 0 Å². The van der Waals surface area contributed by atoms with Gasteiger partial charge in [-0.2, -0.15) is 0 Å². The summed E-state index contributed by atoms with van der Waals surface area (Å²) in [5.74, 6) is -1.12. The van der Waals surface area contributed by atoms with Crippen LogP contribution in [-0.4, -0.2) is 169 Å². The zero-order chi connectivity index (χ0) is 33.3. The predicted molar refractivity (Wildman–Crippen MR) is 145 cm³/mol. The lowest BCUT2D eigenvalue weighted by atomic mass is 9.81. The number of aliphatic hydroxyl groups excluding tert-OH is 6. The first-order valence-electron chi connectivity index (χ1n) is 13.3. The minimum Gasteiger partial charge on any atom is -0.394 e. The van der Waals surface area contributed by atoms with Gasteiger partial charge in [-0.15, -0.1) is 0 Å². The van der Waals surface area contributed by atoms with E-state index in [2.05, 4.69) is 19.8 Å². The van der Waals surface area contributed by atoms with Crippen LogP contribution < -0.4 is 28.3 Å². The fourth-order valence-corrected chi connectivity index (χ4v) is 5.71. The number of hydrogen-bond acceptors (Lipinski definition) is 16. The SMILES string of the molecule is CNC1C(OC2C(OC3C(O)C(O)C(N=C(N)N)C(O)C3N=C(N)N)OC(C)C2(O)COP(=O)(O)O)OC(CO)C(O)C1O.